The molecule has 2 aromatic carbocycles. The zero-order chi connectivity index (χ0) is 13.0. The van der Waals surface area contributed by atoms with Gasteiger partial charge in [0.2, 0.25) is 0 Å². The quantitative estimate of drug-likeness (QED) is 0.891. The summed E-state index contributed by atoms with van der Waals surface area (Å²) < 4.78 is 5.69. The minimum atomic E-state index is 0.502. The number of nitrogens with one attached hydrogen (secondary N) is 1. The molecule has 2 rings (SSSR count). The van der Waals surface area contributed by atoms with Gasteiger partial charge in [-0.05, 0) is 42.9 Å². The van der Waals surface area contributed by atoms with Crippen molar-refractivity contribution >= 4 is 23.2 Å². The molecule has 0 saturated carbocycles. The fraction of sp³-hybridized carbons (Fsp3) is 0.143. The number of hydrogen-bond acceptors (Lipinski definition) is 2. The van der Waals surface area contributed by atoms with Crippen molar-refractivity contribution in [2.75, 3.05) is 7.05 Å². The first-order valence-electron chi connectivity index (χ1n) is 5.55. The van der Waals surface area contributed by atoms with E-state index in [4.69, 9.17) is 27.9 Å². The summed E-state index contributed by atoms with van der Waals surface area (Å²) in [7, 11) is 1.91. The van der Waals surface area contributed by atoms with Crippen LogP contribution >= 0.6 is 23.2 Å². The number of benzene rings is 2. The second-order valence-corrected chi connectivity index (χ2v) is 4.69. The summed E-state index contributed by atoms with van der Waals surface area (Å²) in [5.41, 5.74) is 1.20. The van der Waals surface area contributed by atoms with E-state index in [-0.39, 0.29) is 0 Å². The van der Waals surface area contributed by atoms with Gasteiger partial charge >= 0.3 is 0 Å². The summed E-state index contributed by atoms with van der Waals surface area (Å²) in [6, 6.07) is 13.0. The van der Waals surface area contributed by atoms with Crippen molar-refractivity contribution in [2.24, 2.45) is 0 Å². The van der Waals surface area contributed by atoms with Crippen LogP contribution in [-0.4, -0.2) is 7.05 Å². The van der Waals surface area contributed by atoms with E-state index in [0.717, 1.165) is 12.3 Å². The topological polar surface area (TPSA) is 21.3 Å². The Hall–Kier alpha value is -1.22. The third-order valence-electron chi connectivity index (χ3n) is 2.43. The maximum absolute atomic E-state index is 6.04. The zero-order valence-corrected chi connectivity index (χ0v) is 11.4. The van der Waals surface area contributed by atoms with Crippen LogP contribution in [0.25, 0.3) is 0 Å². The number of rotatable bonds is 4. The van der Waals surface area contributed by atoms with Crippen LogP contribution in [0.5, 0.6) is 11.5 Å². The zero-order valence-electron chi connectivity index (χ0n) is 9.91. The highest BCUT2D eigenvalue weighted by atomic mass is 35.5. The van der Waals surface area contributed by atoms with Gasteiger partial charge in [-0.2, -0.15) is 0 Å². The van der Waals surface area contributed by atoms with Crippen molar-refractivity contribution in [2.45, 2.75) is 6.54 Å². The van der Waals surface area contributed by atoms with Crippen LogP contribution in [0.4, 0.5) is 0 Å². The molecule has 0 bridgehead atoms. The highest BCUT2D eigenvalue weighted by Gasteiger charge is 2.03. The van der Waals surface area contributed by atoms with Crippen LogP contribution in [0.3, 0.4) is 0 Å². The average molecular weight is 282 g/mol. The molecular formula is C14H13Cl2NO. The summed E-state index contributed by atoms with van der Waals surface area (Å²) in [5.74, 6) is 1.35. The lowest BCUT2D eigenvalue weighted by atomic mass is 10.2. The monoisotopic (exact) mass is 281 g/mol. The van der Waals surface area contributed by atoms with E-state index in [9.17, 15) is 0 Å². The molecule has 0 aromatic heterocycles. The van der Waals surface area contributed by atoms with Crippen LogP contribution in [0.1, 0.15) is 5.56 Å². The van der Waals surface area contributed by atoms with E-state index < -0.39 is 0 Å². The van der Waals surface area contributed by atoms with Crippen molar-refractivity contribution < 1.29 is 4.74 Å². The molecule has 94 valence electrons. The molecule has 0 aliphatic carbocycles. The minimum absolute atomic E-state index is 0.502. The molecule has 18 heavy (non-hydrogen) atoms. The average Bonchev–Trinajstić information content (AvgIpc) is 2.35. The van der Waals surface area contributed by atoms with E-state index >= 15 is 0 Å². The van der Waals surface area contributed by atoms with Gasteiger partial charge in [-0.3, -0.25) is 0 Å². The van der Waals surface area contributed by atoms with Crippen molar-refractivity contribution in [3.63, 3.8) is 0 Å². The molecule has 1 N–H and O–H groups in total. The van der Waals surface area contributed by atoms with Gasteiger partial charge in [-0.1, -0.05) is 35.3 Å². The maximum atomic E-state index is 6.04. The molecule has 4 heteroatoms. The van der Waals surface area contributed by atoms with Gasteiger partial charge in [0.1, 0.15) is 11.5 Å². The van der Waals surface area contributed by atoms with E-state index in [1.807, 2.05) is 31.3 Å². The summed E-state index contributed by atoms with van der Waals surface area (Å²) in [4.78, 5) is 0. The van der Waals surface area contributed by atoms with Crippen molar-refractivity contribution in [3.05, 3.63) is 58.1 Å². The smallest absolute Gasteiger partial charge is 0.146 e. The molecule has 2 nitrogen and oxygen atoms in total. The first kappa shape index (κ1) is 13.2. The molecule has 0 aliphatic rings. The van der Waals surface area contributed by atoms with Gasteiger partial charge < -0.3 is 10.1 Å². The van der Waals surface area contributed by atoms with Gasteiger partial charge in [0.25, 0.3) is 0 Å². The van der Waals surface area contributed by atoms with Gasteiger partial charge in [0, 0.05) is 11.6 Å². The Bertz CT molecular complexity index is 526. The predicted octanol–water partition coefficient (Wildman–Crippen LogP) is 4.51. The first-order chi connectivity index (χ1) is 8.69. The Morgan fingerprint density at radius 3 is 2.39 bits per heavy atom. The molecule has 0 spiro atoms. The Balaban J connectivity index is 2.13. The highest BCUT2D eigenvalue weighted by Crippen LogP contribution is 2.31. The summed E-state index contributed by atoms with van der Waals surface area (Å²) in [5, 5.41) is 4.19. The Morgan fingerprint density at radius 1 is 1.06 bits per heavy atom. The molecule has 0 heterocycles. The summed E-state index contributed by atoms with van der Waals surface area (Å²) >= 11 is 11.9. The molecule has 2 aromatic rings. The largest absolute Gasteiger partial charge is 0.456 e. The number of hydrogen-bond donors (Lipinski definition) is 1. The predicted molar refractivity (Wildman–Crippen MR) is 75.7 cm³/mol. The lowest BCUT2D eigenvalue weighted by Crippen LogP contribution is -2.04. The van der Waals surface area contributed by atoms with Crippen LogP contribution in [0.15, 0.2) is 42.5 Å². The SMILES string of the molecule is CNCc1ccc(Oc2ccc(Cl)cc2Cl)cc1. The van der Waals surface area contributed by atoms with Crippen molar-refractivity contribution in [1.82, 2.24) is 5.32 Å². The Morgan fingerprint density at radius 2 is 1.78 bits per heavy atom. The fourth-order valence-electron chi connectivity index (χ4n) is 1.56. The highest BCUT2D eigenvalue weighted by molar-refractivity contribution is 6.35. The Labute approximate surface area is 116 Å². The van der Waals surface area contributed by atoms with Gasteiger partial charge in [0.15, 0.2) is 0 Å². The second kappa shape index (κ2) is 6.10. The normalized spacial score (nSPS) is 10.4. The van der Waals surface area contributed by atoms with E-state index in [1.165, 1.54) is 5.56 Å². The third-order valence-corrected chi connectivity index (χ3v) is 2.96. The van der Waals surface area contributed by atoms with Crippen LogP contribution in [0, 0.1) is 0 Å². The first-order valence-corrected chi connectivity index (χ1v) is 6.31. The van der Waals surface area contributed by atoms with E-state index in [2.05, 4.69) is 5.32 Å². The Kier molecular flexibility index (Phi) is 4.48. The van der Waals surface area contributed by atoms with Crippen LogP contribution < -0.4 is 10.1 Å². The lowest BCUT2D eigenvalue weighted by Gasteiger charge is -2.08. The maximum Gasteiger partial charge on any atom is 0.146 e. The number of ether oxygens (including phenoxy) is 1. The molecule has 0 amide bonds. The molecule has 0 fully saturated rings. The molecule has 0 saturated heterocycles. The van der Waals surface area contributed by atoms with Crippen LogP contribution in [0.2, 0.25) is 10.0 Å². The van der Waals surface area contributed by atoms with Crippen LogP contribution in [-0.2, 0) is 6.54 Å². The van der Waals surface area contributed by atoms with Gasteiger partial charge in [-0.25, -0.2) is 0 Å². The van der Waals surface area contributed by atoms with Crippen molar-refractivity contribution in [1.29, 1.82) is 0 Å². The summed E-state index contributed by atoms with van der Waals surface area (Å²) in [6.07, 6.45) is 0. The fourth-order valence-corrected chi connectivity index (χ4v) is 2.01. The molecule has 0 radical (unpaired) electrons. The van der Waals surface area contributed by atoms with E-state index in [1.54, 1.807) is 18.2 Å². The lowest BCUT2D eigenvalue weighted by molar-refractivity contribution is 0.482. The minimum Gasteiger partial charge on any atom is -0.456 e. The standard InChI is InChI=1S/C14H13Cl2NO/c1-17-9-10-2-5-12(6-3-10)18-14-7-4-11(15)8-13(14)16/h2-8,17H,9H2,1H3. The van der Waals surface area contributed by atoms with Gasteiger partial charge in [0.05, 0.1) is 5.02 Å². The number of halogens is 2. The molecule has 0 aliphatic heterocycles. The molecular weight excluding hydrogens is 269 g/mol. The van der Waals surface area contributed by atoms with Gasteiger partial charge in [-0.15, -0.1) is 0 Å². The third kappa shape index (κ3) is 3.39. The van der Waals surface area contributed by atoms with Crippen molar-refractivity contribution in [3.8, 4) is 11.5 Å². The van der Waals surface area contributed by atoms with E-state index in [0.29, 0.717) is 15.8 Å². The molecule has 0 atom stereocenters. The molecule has 0 unspecified atom stereocenters. The summed E-state index contributed by atoms with van der Waals surface area (Å²) in [6.45, 7) is 0.835. The second-order valence-electron chi connectivity index (χ2n) is 3.85.